The first-order chi connectivity index (χ1) is 10.7. The molecule has 0 fully saturated rings. The van der Waals surface area contributed by atoms with Gasteiger partial charge in [0.25, 0.3) is 0 Å². The molecule has 2 N–H and O–H groups in total. The summed E-state index contributed by atoms with van der Waals surface area (Å²) in [6, 6.07) is 7.96. The fraction of sp³-hybridized carbons (Fsp3) is 0.0714. The second-order valence-electron chi connectivity index (χ2n) is 4.39. The molecule has 0 saturated heterocycles. The van der Waals surface area contributed by atoms with E-state index in [1.54, 1.807) is 6.07 Å². The summed E-state index contributed by atoms with van der Waals surface area (Å²) in [4.78, 5) is 0. The van der Waals surface area contributed by atoms with Crippen molar-refractivity contribution in [3.63, 3.8) is 0 Å². The van der Waals surface area contributed by atoms with Crippen LogP contribution in [0, 0.1) is 0 Å². The van der Waals surface area contributed by atoms with E-state index in [0.717, 1.165) is 6.07 Å². The third-order valence-electron chi connectivity index (χ3n) is 2.71. The molecule has 0 aliphatic rings. The number of benzene rings is 2. The summed E-state index contributed by atoms with van der Waals surface area (Å²) in [7, 11) is 0. The van der Waals surface area contributed by atoms with Gasteiger partial charge in [-0.25, -0.2) is 0 Å². The van der Waals surface area contributed by atoms with Crippen LogP contribution in [0.25, 0.3) is 0 Å². The van der Waals surface area contributed by atoms with Gasteiger partial charge in [0.05, 0.1) is 22.0 Å². The molecule has 0 aliphatic heterocycles. The Kier molecular flexibility index (Phi) is 5.62. The van der Waals surface area contributed by atoms with Gasteiger partial charge in [-0.15, -0.1) is 0 Å². The maximum Gasteiger partial charge on any atom is 0.418 e. The molecule has 2 aromatic carbocycles. The van der Waals surface area contributed by atoms with Gasteiger partial charge in [0.1, 0.15) is 0 Å². The topological polar surface area (TPSA) is 24.1 Å². The van der Waals surface area contributed by atoms with Crippen LogP contribution in [0.2, 0.25) is 15.1 Å². The number of rotatable bonds is 2. The first-order valence-corrected chi connectivity index (χ1v) is 7.61. The molecule has 0 atom stereocenters. The van der Waals surface area contributed by atoms with Crippen molar-refractivity contribution < 1.29 is 13.2 Å². The number of anilines is 2. The molecule has 9 heteroatoms. The lowest BCUT2D eigenvalue weighted by Crippen LogP contribution is -2.21. The van der Waals surface area contributed by atoms with Crippen LogP contribution in [-0.4, -0.2) is 5.11 Å². The van der Waals surface area contributed by atoms with E-state index in [9.17, 15) is 13.2 Å². The molecule has 0 bridgehead atoms. The van der Waals surface area contributed by atoms with E-state index in [4.69, 9.17) is 47.0 Å². The molecule has 0 spiro atoms. The van der Waals surface area contributed by atoms with Gasteiger partial charge in [0.2, 0.25) is 0 Å². The van der Waals surface area contributed by atoms with E-state index in [1.807, 2.05) is 0 Å². The van der Waals surface area contributed by atoms with E-state index < -0.39 is 11.7 Å². The van der Waals surface area contributed by atoms with Gasteiger partial charge < -0.3 is 10.6 Å². The molecular weight excluding hydrogens is 392 g/mol. The molecule has 0 heterocycles. The summed E-state index contributed by atoms with van der Waals surface area (Å²) in [5.74, 6) is 0. The molecule has 0 unspecified atom stereocenters. The predicted molar refractivity (Wildman–Crippen MR) is 92.8 cm³/mol. The van der Waals surface area contributed by atoms with Crippen molar-refractivity contribution in [3.05, 3.63) is 57.0 Å². The molecule has 2 nitrogen and oxygen atoms in total. The van der Waals surface area contributed by atoms with Crippen LogP contribution in [0.1, 0.15) is 5.56 Å². The lowest BCUT2D eigenvalue weighted by molar-refractivity contribution is -0.136. The van der Waals surface area contributed by atoms with Gasteiger partial charge in [-0.2, -0.15) is 13.2 Å². The number of thiocarbonyl (C=S) groups is 1. The fourth-order valence-corrected chi connectivity index (χ4v) is 2.46. The first kappa shape index (κ1) is 18.1. The van der Waals surface area contributed by atoms with E-state index >= 15 is 0 Å². The third kappa shape index (κ3) is 4.88. The normalized spacial score (nSPS) is 11.2. The molecule has 122 valence electrons. The lowest BCUT2D eigenvalue weighted by Gasteiger charge is -2.16. The Morgan fingerprint density at radius 1 is 0.870 bits per heavy atom. The Bertz CT molecular complexity index is 751. The van der Waals surface area contributed by atoms with Crippen molar-refractivity contribution in [2.75, 3.05) is 10.6 Å². The summed E-state index contributed by atoms with van der Waals surface area (Å²) in [5, 5.41) is 5.81. The van der Waals surface area contributed by atoms with Crippen LogP contribution < -0.4 is 10.6 Å². The zero-order chi connectivity index (χ0) is 17.2. The molecule has 23 heavy (non-hydrogen) atoms. The Morgan fingerprint density at radius 3 is 2.09 bits per heavy atom. The number of halogens is 6. The van der Waals surface area contributed by atoms with E-state index in [1.165, 1.54) is 24.3 Å². The smallest absolute Gasteiger partial charge is 0.332 e. The maximum atomic E-state index is 13.0. The molecule has 0 saturated carbocycles. The lowest BCUT2D eigenvalue weighted by atomic mass is 10.1. The Morgan fingerprint density at radius 2 is 1.43 bits per heavy atom. The first-order valence-electron chi connectivity index (χ1n) is 6.06. The molecular formula is C14H8Cl3F3N2S. The Balaban J connectivity index is 2.22. The zero-order valence-corrected chi connectivity index (χ0v) is 14.2. The summed E-state index contributed by atoms with van der Waals surface area (Å²) >= 11 is 22.4. The van der Waals surface area contributed by atoms with Gasteiger partial charge in [-0.05, 0) is 48.6 Å². The highest BCUT2D eigenvalue weighted by molar-refractivity contribution is 7.80. The fourth-order valence-electron chi connectivity index (χ4n) is 1.73. The van der Waals surface area contributed by atoms with Crippen LogP contribution in [0.15, 0.2) is 36.4 Å². The highest BCUT2D eigenvalue weighted by Gasteiger charge is 2.34. The molecule has 2 rings (SSSR count). The average molecular weight is 400 g/mol. The van der Waals surface area contributed by atoms with Crippen LogP contribution in [0.4, 0.5) is 24.5 Å². The van der Waals surface area contributed by atoms with Crippen molar-refractivity contribution in [2.24, 2.45) is 0 Å². The summed E-state index contributed by atoms with van der Waals surface area (Å²) in [5.41, 5.74) is -0.775. The minimum Gasteiger partial charge on any atom is -0.332 e. The van der Waals surface area contributed by atoms with Crippen molar-refractivity contribution in [1.82, 2.24) is 0 Å². The van der Waals surface area contributed by atoms with E-state index in [0.29, 0.717) is 15.7 Å². The van der Waals surface area contributed by atoms with E-state index in [2.05, 4.69) is 10.6 Å². The van der Waals surface area contributed by atoms with Crippen LogP contribution in [0.3, 0.4) is 0 Å². The van der Waals surface area contributed by atoms with Gasteiger partial charge >= 0.3 is 6.18 Å². The second-order valence-corrected chi connectivity index (χ2v) is 6.08. The van der Waals surface area contributed by atoms with Gasteiger partial charge in [0, 0.05) is 10.0 Å². The van der Waals surface area contributed by atoms with Gasteiger partial charge in [-0.1, -0.05) is 34.8 Å². The molecule has 0 aliphatic carbocycles. The van der Waals surface area contributed by atoms with Crippen molar-refractivity contribution >= 4 is 63.5 Å². The molecule has 0 amide bonds. The monoisotopic (exact) mass is 398 g/mol. The van der Waals surface area contributed by atoms with Crippen molar-refractivity contribution in [1.29, 1.82) is 0 Å². The van der Waals surface area contributed by atoms with E-state index in [-0.39, 0.29) is 15.8 Å². The second kappa shape index (κ2) is 7.13. The molecule has 2 aromatic rings. The van der Waals surface area contributed by atoms with Crippen LogP contribution >= 0.6 is 47.0 Å². The number of hydrogen-bond donors (Lipinski definition) is 2. The summed E-state index contributed by atoms with van der Waals surface area (Å²) < 4.78 is 39.1. The van der Waals surface area contributed by atoms with Crippen LogP contribution in [0.5, 0.6) is 0 Å². The van der Waals surface area contributed by atoms with Crippen molar-refractivity contribution in [3.8, 4) is 0 Å². The highest BCUT2D eigenvalue weighted by Crippen LogP contribution is 2.36. The predicted octanol–water partition coefficient (Wildman–Crippen LogP) is 6.47. The minimum absolute atomic E-state index is 0.0281. The Hall–Kier alpha value is -1.21. The number of alkyl halides is 3. The quantitative estimate of drug-likeness (QED) is 0.566. The Labute approximate surface area is 150 Å². The summed E-state index contributed by atoms with van der Waals surface area (Å²) in [6.45, 7) is 0. The zero-order valence-electron chi connectivity index (χ0n) is 11.1. The van der Waals surface area contributed by atoms with Crippen LogP contribution in [-0.2, 0) is 6.18 Å². The number of nitrogens with one attached hydrogen (secondary N) is 2. The average Bonchev–Trinajstić information content (AvgIpc) is 2.43. The standard InChI is InChI=1S/C14H8Cl3F3N2S/c15-7-2-4-11(9(5-7)14(18,19)20)21-13(23)22-12-6-8(16)1-3-10(12)17/h1-6H,(H2,21,22,23). The minimum atomic E-state index is -4.57. The number of hydrogen-bond acceptors (Lipinski definition) is 1. The molecule has 0 radical (unpaired) electrons. The van der Waals surface area contributed by atoms with Crippen molar-refractivity contribution in [2.45, 2.75) is 6.18 Å². The van der Waals surface area contributed by atoms with Gasteiger partial charge in [-0.3, -0.25) is 0 Å². The maximum absolute atomic E-state index is 13.0. The van der Waals surface area contributed by atoms with Gasteiger partial charge in [0.15, 0.2) is 5.11 Å². The largest absolute Gasteiger partial charge is 0.418 e. The highest BCUT2D eigenvalue weighted by atomic mass is 35.5. The third-order valence-corrected chi connectivity index (χ3v) is 3.72. The summed E-state index contributed by atoms with van der Waals surface area (Å²) in [6.07, 6.45) is -4.57. The SMILES string of the molecule is FC(F)(F)c1cc(Cl)ccc1NC(=S)Nc1cc(Cl)ccc1Cl. The molecule has 0 aromatic heterocycles.